The second-order valence-electron chi connectivity index (χ2n) is 5.87. The monoisotopic (exact) mass is 305 g/mol. The van der Waals surface area contributed by atoms with Crippen molar-refractivity contribution in [2.75, 3.05) is 5.32 Å². The van der Waals surface area contributed by atoms with Gasteiger partial charge in [0, 0.05) is 40.8 Å². The van der Waals surface area contributed by atoms with Crippen LogP contribution in [0.2, 0.25) is 0 Å². The number of rotatable bonds is 6. The van der Waals surface area contributed by atoms with Gasteiger partial charge in [-0.1, -0.05) is 38.5 Å². The molecule has 0 amide bonds. The van der Waals surface area contributed by atoms with Gasteiger partial charge in [0.05, 0.1) is 5.52 Å². The van der Waals surface area contributed by atoms with Gasteiger partial charge in [-0.3, -0.25) is 9.97 Å². The molecular formula is C20H23N3. The van der Waals surface area contributed by atoms with E-state index in [1.807, 2.05) is 12.1 Å². The number of hydrogen-bond donors (Lipinski definition) is 1. The van der Waals surface area contributed by atoms with E-state index in [9.17, 15) is 0 Å². The summed E-state index contributed by atoms with van der Waals surface area (Å²) in [6.07, 6.45) is 7.08. The van der Waals surface area contributed by atoms with Gasteiger partial charge < -0.3 is 5.32 Å². The highest BCUT2D eigenvalue weighted by Crippen LogP contribution is 2.31. The summed E-state index contributed by atoms with van der Waals surface area (Å²) >= 11 is 0. The van der Waals surface area contributed by atoms with Crippen molar-refractivity contribution in [2.24, 2.45) is 0 Å². The van der Waals surface area contributed by atoms with Crippen LogP contribution in [0, 0.1) is 0 Å². The SMILES string of the molecule is CCCC(CC)c1cc(Nc2ccncc2)c2ccccc2n1. The quantitative estimate of drug-likeness (QED) is 0.638. The van der Waals surface area contributed by atoms with E-state index in [4.69, 9.17) is 4.98 Å². The van der Waals surface area contributed by atoms with Crippen molar-refractivity contribution < 1.29 is 0 Å². The lowest BCUT2D eigenvalue weighted by Gasteiger charge is -2.17. The molecule has 0 aliphatic carbocycles. The second-order valence-corrected chi connectivity index (χ2v) is 5.87. The largest absolute Gasteiger partial charge is 0.355 e. The first-order chi connectivity index (χ1) is 11.3. The molecular weight excluding hydrogens is 282 g/mol. The van der Waals surface area contributed by atoms with Crippen LogP contribution in [-0.2, 0) is 0 Å². The Balaban J connectivity index is 2.07. The zero-order chi connectivity index (χ0) is 16.1. The lowest BCUT2D eigenvalue weighted by atomic mass is 9.95. The van der Waals surface area contributed by atoms with Crippen molar-refractivity contribution in [3.63, 3.8) is 0 Å². The lowest BCUT2D eigenvalue weighted by Crippen LogP contribution is -2.03. The van der Waals surface area contributed by atoms with Gasteiger partial charge in [-0.15, -0.1) is 0 Å². The number of aromatic nitrogens is 2. The molecule has 1 unspecified atom stereocenters. The third kappa shape index (κ3) is 3.50. The number of para-hydroxylation sites is 1. The Morgan fingerprint density at radius 2 is 1.83 bits per heavy atom. The first-order valence-electron chi connectivity index (χ1n) is 8.38. The van der Waals surface area contributed by atoms with E-state index in [1.54, 1.807) is 12.4 Å². The molecule has 3 heteroatoms. The van der Waals surface area contributed by atoms with Crippen LogP contribution in [0.25, 0.3) is 10.9 Å². The van der Waals surface area contributed by atoms with Crippen LogP contribution in [0.5, 0.6) is 0 Å². The lowest BCUT2D eigenvalue weighted by molar-refractivity contribution is 0.583. The van der Waals surface area contributed by atoms with Gasteiger partial charge >= 0.3 is 0 Å². The smallest absolute Gasteiger partial charge is 0.0726 e. The van der Waals surface area contributed by atoms with Crippen LogP contribution in [0.3, 0.4) is 0 Å². The van der Waals surface area contributed by atoms with E-state index in [2.05, 4.69) is 54.5 Å². The summed E-state index contributed by atoms with van der Waals surface area (Å²) in [6, 6.07) is 14.5. The molecule has 2 heterocycles. The number of nitrogens with one attached hydrogen (secondary N) is 1. The highest BCUT2D eigenvalue weighted by molar-refractivity contribution is 5.93. The second kappa shape index (κ2) is 7.23. The number of nitrogens with zero attached hydrogens (tertiary/aromatic N) is 2. The van der Waals surface area contributed by atoms with Gasteiger partial charge in [-0.2, -0.15) is 0 Å². The molecule has 23 heavy (non-hydrogen) atoms. The minimum atomic E-state index is 0.516. The van der Waals surface area contributed by atoms with Gasteiger partial charge in [-0.25, -0.2) is 0 Å². The van der Waals surface area contributed by atoms with Crippen LogP contribution in [0.4, 0.5) is 11.4 Å². The van der Waals surface area contributed by atoms with Gasteiger partial charge in [0.15, 0.2) is 0 Å². The summed E-state index contributed by atoms with van der Waals surface area (Å²) in [7, 11) is 0. The van der Waals surface area contributed by atoms with Crippen molar-refractivity contribution in [1.82, 2.24) is 9.97 Å². The molecule has 1 N–H and O–H groups in total. The highest BCUT2D eigenvalue weighted by Gasteiger charge is 2.13. The number of anilines is 2. The molecule has 3 nitrogen and oxygen atoms in total. The van der Waals surface area contributed by atoms with Crippen LogP contribution in [-0.4, -0.2) is 9.97 Å². The number of benzene rings is 1. The molecule has 0 bridgehead atoms. The zero-order valence-electron chi connectivity index (χ0n) is 13.8. The maximum Gasteiger partial charge on any atom is 0.0726 e. The molecule has 2 aromatic heterocycles. The van der Waals surface area contributed by atoms with Crippen molar-refractivity contribution in [1.29, 1.82) is 0 Å². The Morgan fingerprint density at radius 3 is 2.57 bits per heavy atom. The molecule has 0 saturated carbocycles. The molecule has 3 rings (SSSR count). The summed E-state index contributed by atoms with van der Waals surface area (Å²) in [5, 5.41) is 4.68. The van der Waals surface area contributed by atoms with Crippen LogP contribution in [0.15, 0.2) is 54.9 Å². The average molecular weight is 305 g/mol. The minimum absolute atomic E-state index is 0.516. The highest BCUT2D eigenvalue weighted by atomic mass is 14.9. The van der Waals surface area contributed by atoms with E-state index in [1.165, 1.54) is 18.5 Å². The third-order valence-electron chi connectivity index (χ3n) is 4.24. The number of pyridine rings is 2. The molecule has 0 aliphatic rings. The molecule has 118 valence electrons. The summed E-state index contributed by atoms with van der Waals surface area (Å²) in [5.41, 5.74) is 4.40. The molecule has 1 aromatic carbocycles. The van der Waals surface area contributed by atoms with Gasteiger partial charge in [0.1, 0.15) is 0 Å². The van der Waals surface area contributed by atoms with E-state index in [0.29, 0.717) is 5.92 Å². The summed E-state index contributed by atoms with van der Waals surface area (Å²) in [4.78, 5) is 9.00. The fourth-order valence-corrected chi connectivity index (χ4v) is 3.01. The first-order valence-corrected chi connectivity index (χ1v) is 8.38. The fraction of sp³-hybridized carbons (Fsp3) is 0.300. The minimum Gasteiger partial charge on any atom is -0.355 e. The van der Waals surface area contributed by atoms with E-state index in [-0.39, 0.29) is 0 Å². The predicted octanol–water partition coefficient (Wildman–Crippen LogP) is 5.67. The number of hydrogen-bond acceptors (Lipinski definition) is 3. The van der Waals surface area contributed by atoms with Crippen LogP contribution in [0.1, 0.15) is 44.7 Å². The van der Waals surface area contributed by atoms with Crippen LogP contribution < -0.4 is 5.32 Å². The Morgan fingerprint density at radius 1 is 1.04 bits per heavy atom. The van der Waals surface area contributed by atoms with Crippen molar-refractivity contribution >= 4 is 22.3 Å². The molecule has 0 fully saturated rings. The van der Waals surface area contributed by atoms with Crippen molar-refractivity contribution in [3.05, 3.63) is 60.6 Å². The summed E-state index contributed by atoms with van der Waals surface area (Å²) in [6.45, 7) is 4.48. The Labute approximate surface area is 137 Å². The fourth-order valence-electron chi connectivity index (χ4n) is 3.01. The zero-order valence-corrected chi connectivity index (χ0v) is 13.8. The van der Waals surface area contributed by atoms with Crippen molar-refractivity contribution in [3.8, 4) is 0 Å². The van der Waals surface area contributed by atoms with Gasteiger partial charge in [-0.05, 0) is 37.1 Å². The van der Waals surface area contributed by atoms with Gasteiger partial charge in [0.2, 0.25) is 0 Å². The summed E-state index contributed by atoms with van der Waals surface area (Å²) in [5.74, 6) is 0.516. The molecule has 0 saturated heterocycles. The molecule has 1 atom stereocenters. The van der Waals surface area contributed by atoms with Crippen molar-refractivity contribution in [2.45, 2.75) is 39.0 Å². The first kappa shape index (κ1) is 15.5. The van der Waals surface area contributed by atoms with Gasteiger partial charge in [0.25, 0.3) is 0 Å². The molecule has 3 aromatic rings. The Hall–Kier alpha value is -2.42. The summed E-state index contributed by atoms with van der Waals surface area (Å²) < 4.78 is 0. The number of fused-ring (bicyclic) bond motifs is 1. The molecule has 0 spiro atoms. The Bertz CT molecular complexity index is 768. The maximum atomic E-state index is 4.91. The average Bonchev–Trinajstić information content (AvgIpc) is 2.60. The molecule has 0 aliphatic heterocycles. The van der Waals surface area contributed by atoms with Crippen LogP contribution >= 0.6 is 0 Å². The van der Waals surface area contributed by atoms with E-state index in [0.717, 1.165) is 28.7 Å². The Kier molecular flexibility index (Phi) is 4.86. The maximum absolute atomic E-state index is 4.91. The predicted molar refractivity (Wildman–Crippen MR) is 97.2 cm³/mol. The van der Waals surface area contributed by atoms with E-state index < -0.39 is 0 Å². The third-order valence-corrected chi connectivity index (χ3v) is 4.24. The standard InChI is InChI=1S/C20H23N3/c1-3-7-15(4-2)19-14-20(22-16-10-12-21-13-11-16)17-8-5-6-9-18(17)23-19/h5-6,8-15H,3-4,7H2,1-2H3,(H,21,22,23). The molecule has 0 radical (unpaired) electrons. The van der Waals surface area contributed by atoms with E-state index >= 15 is 0 Å². The topological polar surface area (TPSA) is 37.8 Å². The normalized spacial score (nSPS) is 12.3.